The second-order valence-corrected chi connectivity index (χ2v) is 6.38. The average Bonchev–Trinajstić information content (AvgIpc) is 2.42. The molecule has 1 rings (SSSR count). The van der Waals surface area contributed by atoms with Crippen molar-refractivity contribution in [3.8, 4) is 0 Å². The lowest BCUT2D eigenvalue weighted by Gasteiger charge is -2.20. The number of esters is 1. The smallest absolute Gasteiger partial charge is 0.339 e. The van der Waals surface area contributed by atoms with Crippen LogP contribution < -0.4 is 10.6 Å². The molecule has 6 nitrogen and oxygen atoms in total. The number of benzene rings is 1. The Hall–Kier alpha value is -2.02. The van der Waals surface area contributed by atoms with Crippen LogP contribution in [0.4, 0.5) is 4.79 Å². The Kier molecular flexibility index (Phi) is 6.42. The number of carbonyl (C=O) groups is 3. The Labute approximate surface area is 134 Å². The van der Waals surface area contributed by atoms with Crippen LogP contribution in [0.3, 0.4) is 0 Å². The van der Waals surface area contributed by atoms with Crippen LogP contribution >= 0.6 is 11.8 Å². The van der Waals surface area contributed by atoms with Gasteiger partial charge in [-0.3, -0.25) is 10.1 Å². The van der Waals surface area contributed by atoms with E-state index in [1.165, 1.54) is 11.8 Å². The molecule has 0 saturated carbocycles. The van der Waals surface area contributed by atoms with Crippen LogP contribution in [0.1, 0.15) is 31.1 Å². The number of hydrogen-bond acceptors (Lipinski definition) is 5. The molecular formula is C15H20N2O4S. The monoisotopic (exact) mass is 324 g/mol. The highest BCUT2D eigenvalue weighted by molar-refractivity contribution is 7.98. The van der Waals surface area contributed by atoms with E-state index in [1.54, 1.807) is 39.0 Å². The number of imide groups is 1. The highest BCUT2D eigenvalue weighted by atomic mass is 32.2. The van der Waals surface area contributed by atoms with E-state index in [2.05, 4.69) is 10.6 Å². The van der Waals surface area contributed by atoms with Crippen LogP contribution in [-0.2, 0) is 9.53 Å². The van der Waals surface area contributed by atoms with E-state index in [-0.39, 0.29) is 0 Å². The fourth-order valence-electron chi connectivity index (χ4n) is 1.56. The van der Waals surface area contributed by atoms with Gasteiger partial charge in [-0.05, 0) is 39.2 Å². The van der Waals surface area contributed by atoms with Crippen molar-refractivity contribution < 1.29 is 19.1 Å². The van der Waals surface area contributed by atoms with Gasteiger partial charge in [0.2, 0.25) is 0 Å². The molecule has 1 aromatic rings. The largest absolute Gasteiger partial charge is 0.452 e. The third kappa shape index (κ3) is 6.17. The number of ether oxygens (including phenoxy) is 1. The summed E-state index contributed by atoms with van der Waals surface area (Å²) in [7, 11) is 0. The van der Waals surface area contributed by atoms with E-state index >= 15 is 0 Å². The maximum atomic E-state index is 11.9. The van der Waals surface area contributed by atoms with Crippen molar-refractivity contribution >= 4 is 29.7 Å². The van der Waals surface area contributed by atoms with E-state index in [9.17, 15) is 14.4 Å². The zero-order chi connectivity index (χ0) is 16.8. The van der Waals surface area contributed by atoms with Gasteiger partial charge < -0.3 is 10.1 Å². The van der Waals surface area contributed by atoms with Gasteiger partial charge in [-0.1, -0.05) is 12.1 Å². The fraction of sp³-hybridized carbons (Fsp3) is 0.400. The minimum Gasteiger partial charge on any atom is -0.452 e. The SMILES string of the molecule is CSc1ccccc1C(=O)OCC(=O)NC(=O)NC(C)(C)C. The molecule has 0 bridgehead atoms. The molecule has 0 saturated heterocycles. The number of urea groups is 1. The van der Waals surface area contributed by atoms with Crippen LogP contribution in [0.2, 0.25) is 0 Å². The predicted octanol–water partition coefficient (Wildman–Crippen LogP) is 2.19. The lowest BCUT2D eigenvalue weighted by molar-refractivity contribution is -0.123. The first-order valence-electron chi connectivity index (χ1n) is 6.65. The molecule has 22 heavy (non-hydrogen) atoms. The van der Waals surface area contributed by atoms with Crippen molar-refractivity contribution in [3.63, 3.8) is 0 Å². The Morgan fingerprint density at radius 1 is 1.18 bits per heavy atom. The first kappa shape index (κ1) is 18.0. The molecule has 1 aromatic carbocycles. The highest BCUT2D eigenvalue weighted by Gasteiger charge is 2.17. The van der Waals surface area contributed by atoms with Crippen LogP contribution in [0, 0.1) is 0 Å². The van der Waals surface area contributed by atoms with Gasteiger partial charge in [0.05, 0.1) is 5.56 Å². The summed E-state index contributed by atoms with van der Waals surface area (Å²) in [6.07, 6.45) is 1.84. The lowest BCUT2D eigenvalue weighted by atomic mass is 10.1. The van der Waals surface area contributed by atoms with Gasteiger partial charge in [-0.15, -0.1) is 11.8 Å². The summed E-state index contributed by atoms with van der Waals surface area (Å²) in [5.74, 6) is -1.28. The summed E-state index contributed by atoms with van der Waals surface area (Å²) in [5.41, 5.74) is -0.0693. The number of hydrogen-bond donors (Lipinski definition) is 2. The predicted molar refractivity (Wildman–Crippen MR) is 84.9 cm³/mol. The molecule has 0 radical (unpaired) electrons. The van der Waals surface area contributed by atoms with Crippen molar-refractivity contribution in [2.24, 2.45) is 0 Å². The van der Waals surface area contributed by atoms with Crippen LogP contribution in [0.5, 0.6) is 0 Å². The van der Waals surface area contributed by atoms with E-state index in [4.69, 9.17) is 4.74 Å². The molecule has 0 atom stereocenters. The van der Waals surface area contributed by atoms with Gasteiger partial charge in [0.25, 0.3) is 5.91 Å². The molecule has 0 aliphatic heterocycles. The van der Waals surface area contributed by atoms with Gasteiger partial charge in [-0.2, -0.15) is 0 Å². The van der Waals surface area contributed by atoms with Gasteiger partial charge in [0.15, 0.2) is 6.61 Å². The molecule has 0 heterocycles. The summed E-state index contributed by atoms with van der Waals surface area (Å²) in [4.78, 5) is 35.8. The van der Waals surface area contributed by atoms with Crippen LogP contribution in [-0.4, -0.2) is 36.3 Å². The average molecular weight is 324 g/mol. The van der Waals surface area contributed by atoms with Gasteiger partial charge in [-0.25, -0.2) is 9.59 Å². The zero-order valence-corrected chi connectivity index (χ0v) is 13.9. The summed E-state index contributed by atoms with van der Waals surface area (Å²) < 4.78 is 4.92. The molecule has 0 aliphatic rings. The van der Waals surface area contributed by atoms with E-state index < -0.39 is 30.1 Å². The van der Waals surface area contributed by atoms with Gasteiger partial charge >= 0.3 is 12.0 Å². The second kappa shape index (κ2) is 7.84. The topological polar surface area (TPSA) is 84.5 Å². The van der Waals surface area contributed by atoms with Crippen molar-refractivity contribution in [2.45, 2.75) is 31.2 Å². The van der Waals surface area contributed by atoms with Crippen molar-refractivity contribution in [3.05, 3.63) is 29.8 Å². The van der Waals surface area contributed by atoms with Crippen LogP contribution in [0.15, 0.2) is 29.2 Å². The summed E-state index contributed by atoms with van der Waals surface area (Å²) in [5, 5.41) is 4.67. The molecular weight excluding hydrogens is 304 g/mol. The minimum absolute atomic E-state index is 0.391. The Morgan fingerprint density at radius 3 is 2.41 bits per heavy atom. The summed E-state index contributed by atoms with van der Waals surface area (Å²) >= 11 is 1.41. The standard InChI is InChI=1S/C15H20N2O4S/c1-15(2,3)17-14(20)16-12(18)9-21-13(19)10-7-5-6-8-11(10)22-4/h5-8H,9H2,1-4H3,(H2,16,17,18,20). The molecule has 0 aromatic heterocycles. The summed E-state index contributed by atoms with van der Waals surface area (Å²) in [6.45, 7) is 4.85. The van der Waals surface area contributed by atoms with E-state index in [1.807, 2.05) is 12.3 Å². The molecule has 3 amide bonds. The van der Waals surface area contributed by atoms with E-state index in [0.717, 1.165) is 4.90 Å². The Bertz CT molecular complexity index is 567. The second-order valence-electron chi connectivity index (χ2n) is 5.53. The third-order valence-corrected chi connectivity index (χ3v) is 3.20. The normalized spacial score (nSPS) is 10.7. The summed E-state index contributed by atoms with van der Waals surface area (Å²) in [6, 6.07) is 6.31. The molecule has 0 fully saturated rings. The Balaban J connectivity index is 2.50. The molecule has 0 unspecified atom stereocenters. The van der Waals surface area contributed by atoms with Gasteiger partial charge in [0.1, 0.15) is 0 Å². The third-order valence-electron chi connectivity index (χ3n) is 2.40. The number of thioether (sulfide) groups is 1. The van der Waals surface area contributed by atoms with Crippen molar-refractivity contribution in [1.82, 2.24) is 10.6 Å². The zero-order valence-electron chi connectivity index (χ0n) is 13.1. The fourth-order valence-corrected chi connectivity index (χ4v) is 2.14. The Morgan fingerprint density at radius 2 is 1.82 bits per heavy atom. The maximum Gasteiger partial charge on any atom is 0.339 e. The minimum atomic E-state index is -0.684. The van der Waals surface area contributed by atoms with Crippen LogP contribution in [0.25, 0.3) is 0 Å². The lowest BCUT2D eigenvalue weighted by Crippen LogP contribution is -2.49. The highest BCUT2D eigenvalue weighted by Crippen LogP contribution is 2.20. The molecule has 120 valence electrons. The molecule has 0 spiro atoms. The maximum absolute atomic E-state index is 11.9. The quantitative estimate of drug-likeness (QED) is 0.655. The van der Waals surface area contributed by atoms with Crippen molar-refractivity contribution in [1.29, 1.82) is 0 Å². The number of nitrogens with one attached hydrogen (secondary N) is 2. The van der Waals surface area contributed by atoms with Gasteiger partial charge in [0, 0.05) is 10.4 Å². The van der Waals surface area contributed by atoms with Crippen molar-refractivity contribution in [2.75, 3.05) is 12.9 Å². The number of rotatable bonds is 4. The first-order chi connectivity index (χ1) is 10.2. The van der Waals surface area contributed by atoms with E-state index in [0.29, 0.717) is 5.56 Å². The first-order valence-corrected chi connectivity index (χ1v) is 7.87. The molecule has 7 heteroatoms. The number of amides is 3. The number of carbonyl (C=O) groups excluding carboxylic acids is 3. The molecule has 0 aliphatic carbocycles. The molecule has 2 N–H and O–H groups in total.